The molecule has 3 aliphatic rings. The van der Waals surface area contributed by atoms with E-state index < -0.39 is 0 Å². The lowest BCUT2D eigenvalue weighted by molar-refractivity contribution is -0.132. The van der Waals surface area contributed by atoms with E-state index in [1.165, 1.54) is 29.5 Å². The predicted molar refractivity (Wildman–Crippen MR) is 120 cm³/mol. The summed E-state index contributed by atoms with van der Waals surface area (Å²) in [7, 11) is 1.73. The van der Waals surface area contributed by atoms with Crippen LogP contribution in [-0.4, -0.2) is 54.1 Å². The topological polar surface area (TPSA) is 58.6 Å². The van der Waals surface area contributed by atoms with E-state index >= 15 is 0 Å². The molecule has 1 aromatic heterocycles. The lowest BCUT2D eigenvalue weighted by Gasteiger charge is -2.37. The predicted octanol–water partition coefficient (Wildman–Crippen LogP) is 3.46. The van der Waals surface area contributed by atoms with Crippen LogP contribution in [0, 0.1) is 12.8 Å². The molecule has 31 heavy (non-hydrogen) atoms. The first-order chi connectivity index (χ1) is 15.1. The monoisotopic (exact) mass is 420 g/mol. The van der Waals surface area contributed by atoms with Gasteiger partial charge in [-0.05, 0) is 38.2 Å². The lowest BCUT2D eigenvalue weighted by atomic mass is 10.0. The SMILES string of the molecule is COCc1nc(C2CC2)nc(N2CCN(C(=O)C3CC3)CC2)c1Cc1cccc(C)c1. The van der Waals surface area contributed by atoms with Crippen molar-refractivity contribution in [3.8, 4) is 0 Å². The summed E-state index contributed by atoms with van der Waals surface area (Å²) in [4.78, 5) is 27.0. The zero-order valence-electron chi connectivity index (χ0n) is 18.6. The minimum atomic E-state index is 0.289. The van der Waals surface area contributed by atoms with Crippen molar-refractivity contribution in [3.05, 3.63) is 52.5 Å². The van der Waals surface area contributed by atoms with Gasteiger partial charge in [0.1, 0.15) is 11.6 Å². The number of benzene rings is 1. The first-order valence-electron chi connectivity index (χ1n) is 11.6. The minimum Gasteiger partial charge on any atom is -0.378 e. The summed E-state index contributed by atoms with van der Waals surface area (Å²) in [5, 5.41) is 0. The summed E-state index contributed by atoms with van der Waals surface area (Å²) in [6, 6.07) is 8.65. The maximum absolute atomic E-state index is 12.5. The number of carbonyl (C=O) groups is 1. The molecule has 2 heterocycles. The molecule has 2 saturated carbocycles. The highest BCUT2D eigenvalue weighted by Crippen LogP contribution is 2.40. The summed E-state index contributed by atoms with van der Waals surface area (Å²) in [5.74, 6) is 3.13. The Morgan fingerprint density at radius 1 is 1.10 bits per heavy atom. The highest BCUT2D eigenvalue weighted by Gasteiger charge is 2.35. The van der Waals surface area contributed by atoms with Crippen molar-refractivity contribution in [2.45, 2.75) is 51.6 Å². The Labute approximate surface area is 184 Å². The summed E-state index contributed by atoms with van der Waals surface area (Å²) >= 11 is 0. The molecule has 1 amide bonds. The second-order valence-corrected chi connectivity index (χ2v) is 9.29. The Kier molecular flexibility index (Phi) is 5.65. The van der Waals surface area contributed by atoms with Crippen molar-refractivity contribution >= 4 is 11.7 Å². The molecule has 0 radical (unpaired) electrons. The molecule has 0 spiro atoms. The van der Waals surface area contributed by atoms with Crippen LogP contribution in [0.1, 0.15) is 59.8 Å². The summed E-state index contributed by atoms with van der Waals surface area (Å²) in [5.41, 5.74) is 4.70. The maximum atomic E-state index is 12.5. The Balaban J connectivity index is 1.45. The van der Waals surface area contributed by atoms with Crippen molar-refractivity contribution in [2.75, 3.05) is 38.2 Å². The van der Waals surface area contributed by atoms with Crippen LogP contribution in [0.3, 0.4) is 0 Å². The average Bonchev–Trinajstić information content (AvgIpc) is 3.68. The Bertz CT molecular complexity index is 960. The molecule has 0 atom stereocenters. The van der Waals surface area contributed by atoms with E-state index in [0.717, 1.165) is 62.8 Å². The molecule has 1 saturated heterocycles. The molecular weight excluding hydrogens is 388 g/mol. The van der Waals surface area contributed by atoms with Crippen LogP contribution in [0.5, 0.6) is 0 Å². The van der Waals surface area contributed by atoms with Crippen molar-refractivity contribution in [1.82, 2.24) is 14.9 Å². The number of hydrogen-bond donors (Lipinski definition) is 0. The number of carbonyl (C=O) groups excluding carboxylic acids is 1. The van der Waals surface area contributed by atoms with Crippen LogP contribution in [-0.2, 0) is 22.6 Å². The van der Waals surface area contributed by atoms with Gasteiger partial charge in [0.25, 0.3) is 0 Å². The van der Waals surface area contributed by atoms with Crippen LogP contribution in [0.4, 0.5) is 5.82 Å². The molecular formula is C25H32N4O2. The molecule has 2 aliphatic carbocycles. The van der Waals surface area contributed by atoms with E-state index in [1.54, 1.807) is 7.11 Å². The fraction of sp³-hybridized carbons (Fsp3) is 0.560. The number of methoxy groups -OCH3 is 1. The molecule has 5 rings (SSSR count). The normalized spacial score (nSPS) is 19.0. The molecule has 6 nitrogen and oxygen atoms in total. The largest absolute Gasteiger partial charge is 0.378 e. The Morgan fingerprint density at radius 3 is 2.52 bits per heavy atom. The quantitative estimate of drug-likeness (QED) is 0.687. The molecule has 2 aromatic rings. The standard InChI is InChI=1S/C25H32N4O2/c1-17-4-3-5-18(14-17)15-21-22(16-31-2)26-23(19-6-7-19)27-24(21)28-10-12-29(13-11-28)25(30)20-8-9-20/h3-5,14,19-20H,6-13,15-16H2,1-2H3. The first kappa shape index (κ1) is 20.4. The van der Waals surface area contributed by atoms with Gasteiger partial charge >= 0.3 is 0 Å². The zero-order valence-corrected chi connectivity index (χ0v) is 18.6. The minimum absolute atomic E-state index is 0.289. The second kappa shape index (κ2) is 8.58. The number of aryl methyl sites for hydroxylation is 1. The van der Waals surface area contributed by atoms with Crippen LogP contribution in [0.15, 0.2) is 24.3 Å². The first-order valence-corrected chi connectivity index (χ1v) is 11.6. The van der Waals surface area contributed by atoms with Crippen molar-refractivity contribution in [2.24, 2.45) is 5.92 Å². The number of nitrogens with zero attached hydrogens (tertiary/aromatic N) is 4. The highest BCUT2D eigenvalue weighted by molar-refractivity contribution is 5.81. The number of rotatable bonds is 7. The molecule has 0 bridgehead atoms. The van der Waals surface area contributed by atoms with Crippen LogP contribution >= 0.6 is 0 Å². The third-order valence-electron chi connectivity index (χ3n) is 6.59. The molecule has 0 unspecified atom stereocenters. The summed E-state index contributed by atoms with van der Waals surface area (Å²) in [6.45, 7) is 5.84. The number of aromatic nitrogens is 2. The molecule has 6 heteroatoms. The van der Waals surface area contributed by atoms with E-state index in [-0.39, 0.29) is 5.92 Å². The number of hydrogen-bond acceptors (Lipinski definition) is 5. The number of ether oxygens (including phenoxy) is 1. The van der Waals surface area contributed by atoms with Gasteiger partial charge < -0.3 is 14.5 Å². The van der Waals surface area contributed by atoms with Crippen LogP contribution in [0.2, 0.25) is 0 Å². The van der Waals surface area contributed by atoms with Gasteiger partial charge in [-0.3, -0.25) is 4.79 Å². The average molecular weight is 421 g/mol. The van der Waals surface area contributed by atoms with Gasteiger partial charge in [0, 0.05) is 57.1 Å². The molecule has 3 fully saturated rings. The van der Waals surface area contributed by atoms with E-state index in [9.17, 15) is 4.79 Å². The third kappa shape index (κ3) is 4.59. The highest BCUT2D eigenvalue weighted by atomic mass is 16.5. The molecule has 0 N–H and O–H groups in total. The zero-order chi connectivity index (χ0) is 21.4. The van der Waals surface area contributed by atoms with Gasteiger partial charge in [-0.25, -0.2) is 9.97 Å². The van der Waals surface area contributed by atoms with Crippen LogP contribution in [0.25, 0.3) is 0 Å². The van der Waals surface area contributed by atoms with Gasteiger partial charge in [0.15, 0.2) is 0 Å². The lowest BCUT2D eigenvalue weighted by Crippen LogP contribution is -2.49. The van der Waals surface area contributed by atoms with Crippen LogP contribution < -0.4 is 4.90 Å². The van der Waals surface area contributed by atoms with Gasteiger partial charge in [0.2, 0.25) is 5.91 Å². The molecule has 1 aliphatic heterocycles. The van der Waals surface area contributed by atoms with E-state index in [4.69, 9.17) is 14.7 Å². The van der Waals surface area contributed by atoms with Gasteiger partial charge in [-0.2, -0.15) is 0 Å². The van der Waals surface area contributed by atoms with Gasteiger partial charge in [0.05, 0.1) is 12.3 Å². The van der Waals surface area contributed by atoms with E-state index in [2.05, 4.69) is 36.1 Å². The molecule has 1 aromatic carbocycles. The number of amides is 1. The van der Waals surface area contributed by atoms with E-state index in [1.807, 2.05) is 4.90 Å². The number of piperazine rings is 1. The van der Waals surface area contributed by atoms with E-state index in [0.29, 0.717) is 18.4 Å². The van der Waals surface area contributed by atoms with Crippen molar-refractivity contribution in [1.29, 1.82) is 0 Å². The Morgan fingerprint density at radius 2 is 1.87 bits per heavy atom. The molecule has 164 valence electrons. The summed E-state index contributed by atoms with van der Waals surface area (Å²) < 4.78 is 5.55. The summed E-state index contributed by atoms with van der Waals surface area (Å²) in [6.07, 6.45) is 5.27. The van der Waals surface area contributed by atoms with Crippen molar-refractivity contribution in [3.63, 3.8) is 0 Å². The fourth-order valence-corrected chi connectivity index (χ4v) is 4.51. The Hall–Kier alpha value is -2.47. The third-order valence-corrected chi connectivity index (χ3v) is 6.59. The van der Waals surface area contributed by atoms with Gasteiger partial charge in [-0.15, -0.1) is 0 Å². The van der Waals surface area contributed by atoms with Gasteiger partial charge in [-0.1, -0.05) is 29.8 Å². The maximum Gasteiger partial charge on any atom is 0.225 e. The number of anilines is 1. The second-order valence-electron chi connectivity index (χ2n) is 9.29. The fourth-order valence-electron chi connectivity index (χ4n) is 4.51. The van der Waals surface area contributed by atoms with Crippen molar-refractivity contribution < 1.29 is 9.53 Å². The smallest absolute Gasteiger partial charge is 0.225 e.